The van der Waals surface area contributed by atoms with Crippen molar-refractivity contribution in [1.29, 1.82) is 0 Å². The zero-order valence-corrected chi connectivity index (χ0v) is 11.6. The van der Waals surface area contributed by atoms with Gasteiger partial charge in [0.2, 0.25) is 0 Å². The van der Waals surface area contributed by atoms with Crippen molar-refractivity contribution in [2.45, 2.75) is 20.4 Å². The fraction of sp³-hybridized carbons (Fsp3) is 0.286. The second-order valence-electron chi connectivity index (χ2n) is 4.23. The minimum atomic E-state index is -0.153. The molecule has 0 saturated heterocycles. The molecular formula is C14H17N5O. The Morgan fingerprint density at radius 1 is 1.30 bits per heavy atom. The number of hydrogen-bond acceptors (Lipinski definition) is 5. The Labute approximate surface area is 117 Å². The van der Waals surface area contributed by atoms with Gasteiger partial charge in [0.15, 0.2) is 0 Å². The summed E-state index contributed by atoms with van der Waals surface area (Å²) in [6, 6.07) is 3.48. The minimum absolute atomic E-state index is 0.153. The van der Waals surface area contributed by atoms with E-state index in [9.17, 15) is 4.79 Å². The lowest BCUT2D eigenvalue weighted by Gasteiger charge is -2.10. The van der Waals surface area contributed by atoms with Crippen LogP contribution in [0.15, 0.2) is 30.7 Å². The molecule has 1 amide bonds. The molecule has 0 radical (unpaired) electrons. The fourth-order valence-corrected chi connectivity index (χ4v) is 1.79. The maximum atomic E-state index is 12.2. The van der Waals surface area contributed by atoms with Gasteiger partial charge in [-0.1, -0.05) is 0 Å². The highest BCUT2D eigenvalue weighted by atomic mass is 16.1. The van der Waals surface area contributed by atoms with Gasteiger partial charge >= 0.3 is 0 Å². The molecule has 6 heteroatoms. The Bertz CT molecular complexity index is 600. The number of aryl methyl sites for hydroxylation is 1. The molecule has 6 nitrogen and oxygen atoms in total. The number of anilines is 1. The topological polar surface area (TPSA) is 79.8 Å². The molecule has 0 aliphatic heterocycles. The van der Waals surface area contributed by atoms with Crippen LogP contribution >= 0.6 is 0 Å². The number of carbonyl (C=O) groups is 1. The molecule has 2 rings (SSSR count). The summed E-state index contributed by atoms with van der Waals surface area (Å²) >= 11 is 0. The molecule has 0 atom stereocenters. The van der Waals surface area contributed by atoms with Crippen molar-refractivity contribution in [1.82, 2.24) is 20.3 Å². The molecule has 0 aliphatic rings. The maximum absolute atomic E-state index is 12.2. The largest absolute Gasteiger partial charge is 0.383 e. The Morgan fingerprint density at radius 3 is 2.90 bits per heavy atom. The summed E-state index contributed by atoms with van der Waals surface area (Å²) in [6.45, 7) is 4.89. The van der Waals surface area contributed by atoms with E-state index >= 15 is 0 Å². The Kier molecular flexibility index (Phi) is 4.60. The molecule has 20 heavy (non-hydrogen) atoms. The van der Waals surface area contributed by atoms with Crippen molar-refractivity contribution < 1.29 is 4.79 Å². The van der Waals surface area contributed by atoms with E-state index in [1.807, 2.05) is 13.8 Å². The summed E-state index contributed by atoms with van der Waals surface area (Å²) in [4.78, 5) is 24.5. The number of pyridine rings is 1. The molecule has 2 aromatic rings. The zero-order valence-electron chi connectivity index (χ0n) is 11.6. The van der Waals surface area contributed by atoms with Gasteiger partial charge in [-0.2, -0.15) is 0 Å². The smallest absolute Gasteiger partial charge is 0.253 e. The summed E-state index contributed by atoms with van der Waals surface area (Å²) in [5, 5.41) is 5.96. The number of aromatic nitrogens is 3. The Balaban J connectivity index is 2.05. The van der Waals surface area contributed by atoms with Gasteiger partial charge in [-0.05, 0) is 26.0 Å². The molecule has 2 N–H and O–H groups in total. The first kappa shape index (κ1) is 13.9. The van der Waals surface area contributed by atoms with Crippen LogP contribution in [0.2, 0.25) is 0 Å². The van der Waals surface area contributed by atoms with Crippen LogP contribution in [0.3, 0.4) is 0 Å². The SMILES string of the molecule is CCNc1cnccc1C(=O)NCc1ccnc(C)n1. The number of nitrogens with zero attached hydrogens (tertiary/aromatic N) is 3. The first-order chi connectivity index (χ1) is 9.70. The number of rotatable bonds is 5. The average Bonchev–Trinajstić information content (AvgIpc) is 2.46. The predicted octanol–water partition coefficient (Wildman–Crippen LogP) is 1.54. The second kappa shape index (κ2) is 6.60. The summed E-state index contributed by atoms with van der Waals surface area (Å²) in [7, 11) is 0. The standard InChI is InChI=1S/C14H17N5O/c1-3-16-13-9-15-6-5-12(13)14(20)18-8-11-4-7-17-10(2)19-11/h4-7,9,16H,3,8H2,1-2H3,(H,18,20). The van der Waals surface area contributed by atoms with Gasteiger partial charge in [0, 0.05) is 18.9 Å². The predicted molar refractivity (Wildman–Crippen MR) is 76.3 cm³/mol. The summed E-state index contributed by atoms with van der Waals surface area (Å²) in [5.74, 6) is 0.536. The third kappa shape index (κ3) is 3.50. The summed E-state index contributed by atoms with van der Waals surface area (Å²) < 4.78 is 0. The lowest BCUT2D eigenvalue weighted by atomic mass is 10.2. The molecule has 0 fully saturated rings. The first-order valence-electron chi connectivity index (χ1n) is 6.45. The van der Waals surface area contributed by atoms with Crippen molar-refractivity contribution in [2.24, 2.45) is 0 Å². The van der Waals surface area contributed by atoms with Gasteiger partial charge in [-0.25, -0.2) is 9.97 Å². The second-order valence-corrected chi connectivity index (χ2v) is 4.23. The normalized spacial score (nSPS) is 10.1. The monoisotopic (exact) mass is 271 g/mol. The van der Waals surface area contributed by atoms with E-state index in [2.05, 4.69) is 25.6 Å². The average molecular weight is 271 g/mol. The number of amides is 1. The molecule has 2 heterocycles. The van der Waals surface area contributed by atoms with Crippen molar-refractivity contribution in [3.05, 3.63) is 47.8 Å². The minimum Gasteiger partial charge on any atom is -0.383 e. The molecular weight excluding hydrogens is 254 g/mol. The van der Waals surface area contributed by atoms with Crippen molar-refractivity contribution in [3.8, 4) is 0 Å². The molecule has 0 aromatic carbocycles. The van der Waals surface area contributed by atoms with Crippen LogP contribution in [-0.4, -0.2) is 27.4 Å². The zero-order chi connectivity index (χ0) is 14.4. The number of hydrogen-bond donors (Lipinski definition) is 2. The molecule has 0 unspecified atom stereocenters. The fourth-order valence-electron chi connectivity index (χ4n) is 1.79. The molecule has 0 bridgehead atoms. The molecule has 0 spiro atoms. The van der Waals surface area contributed by atoms with Gasteiger partial charge in [-0.3, -0.25) is 9.78 Å². The van der Waals surface area contributed by atoms with Gasteiger partial charge in [0.05, 0.1) is 29.7 Å². The van der Waals surface area contributed by atoms with Gasteiger partial charge in [0.25, 0.3) is 5.91 Å². The molecule has 2 aromatic heterocycles. The van der Waals surface area contributed by atoms with E-state index < -0.39 is 0 Å². The Morgan fingerprint density at radius 2 is 2.15 bits per heavy atom. The summed E-state index contributed by atoms with van der Waals surface area (Å²) in [5.41, 5.74) is 2.09. The van der Waals surface area contributed by atoms with Gasteiger partial charge in [-0.15, -0.1) is 0 Å². The van der Waals surface area contributed by atoms with Crippen LogP contribution in [0.5, 0.6) is 0 Å². The van der Waals surface area contributed by atoms with Gasteiger partial charge < -0.3 is 10.6 Å². The van der Waals surface area contributed by atoms with E-state index in [0.717, 1.165) is 17.9 Å². The third-order valence-electron chi connectivity index (χ3n) is 2.70. The van der Waals surface area contributed by atoms with Crippen molar-refractivity contribution >= 4 is 11.6 Å². The van der Waals surface area contributed by atoms with Crippen molar-refractivity contribution in [3.63, 3.8) is 0 Å². The van der Waals surface area contributed by atoms with Crippen LogP contribution in [0.25, 0.3) is 0 Å². The lowest BCUT2D eigenvalue weighted by molar-refractivity contribution is 0.0951. The highest BCUT2D eigenvalue weighted by Crippen LogP contribution is 2.12. The molecule has 0 saturated carbocycles. The van der Waals surface area contributed by atoms with Crippen LogP contribution in [0, 0.1) is 6.92 Å². The number of carbonyl (C=O) groups excluding carboxylic acids is 1. The van der Waals surface area contributed by atoms with Gasteiger partial charge in [0.1, 0.15) is 5.82 Å². The van der Waals surface area contributed by atoms with E-state index in [4.69, 9.17) is 0 Å². The van der Waals surface area contributed by atoms with Crippen LogP contribution < -0.4 is 10.6 Å². The first-order valence-corrected chi connectivity index (χ1v) is 6.45. The van der Waals surface area contributed by atoms with Crippen LogP contribution in [-0.2, 0) is 6.54 Å². The molecule has 0 aliphatic carbocycles. The van der Waals surface area contributed by atoms with E-state index in [-0.39, 0.29) is 5.91 Å². The quantitative estimate of drug-likeness (QED) is 0.862. The van der Waals surface area contributed by atoms with Crippen LogP contribution in [0.4, 0.5) is 5.69 Å². The highest BCUT2D eigenvalue weighted by Gasteiger charge is 2.10. The lowest BCUT2D eigenvalue weighted by Crippen LogP contribution is -2.24. The maximum Gasteiger partial charge on any atom is 0.253 e. The highest BCUT2D eigenvalue weighted by molar-refractivity contribution is 5.99. The van der Waals surface area contributed by atoms with Crippen molar-refractivity contribution in [2.75, 3.05) is 11.9 Å². The Hall–Kier alpha value is -2.50. The third-order valence-corrected chi connectivity index (χ3v) is 2.70. The van der Waals surface area contributed by atoms with E-state index in [1.54, 1.807) is 30.7 Å². The van der Waals surface area contributed by atoms with E-state index in [1.165, 1.54) is 0 Å². The molecule has 104 valence electrons. The van der Waals surface area contributed by atoms with Crippen LogP contribution in [0.1, 0.15) is 28.8 Å². The van der Waals surface area contributed by atoms with E-state index in [0.29, 0.717) is 17.9 Å². The number of nitrogens with one attached hydrogen (secondary N) is 2. The summed E-state index contributed by atoms with van der Waals surface area (Å²) in [6.07, 6.45) is 4.93.